The third-order valence-corrected chi connectivity index (χ3v) is 3.96. The Bertz CT molecular complexity index is 756. The zero-order chi connectivity index (χ0) is 15.4. The van der Waals surface area contributed by atoms with Crippen LogP contribution in [0.2, 0.25) is 0 Å². The number of nitrogens with zero attached hydrogens (tertiary/aromatic N) is 1. The fourth-order valence-electron chi connectivity index (χ4n) is 2.69. The molecular formula is C19H20N2O. The minimum absolute atomic E-state index is 0.0910. The summed E-state index contributed by atoms with van der Waals surface area (Å²) >= 11 is 0. The summed E-state index contributed by atoms with van der Waals surface area (Å²) in [6.07, 6.45) is 2.69. The summed E-state index contributed by atoms with van der Waals surface area (Å²) in [6.45, 7) is 2.90. The summed E-state index contributed by atoms with van der Waals surface area (Å²) in [5, 5.41) is 15.9. The molecule has 1 atom stereocenters. The molecule has 3 rings (SSSR count). The Balaban J connectivity index is 1.70. The number of hydrogen-bond acceptors (Lipinski definition) is 3. The molecule has 3 heteroatoms. The van der Waals surface area contributed by atoms with Gasteiger partial charge in [0.25, 0.3) is 0 Å². The smallest absolute Gasteiger partial charge is 0.128 e. The van der Waals surface area contributed by atoms with Gasteiger partial charge in [-0.05, 0) is 24.4 Å². The molecule has 1 heterocycles. The van der Waals surface area contributed by atoms with Crippen molar-refractivity contribution in [1.82, 2.24) is 10.3 Å². The van der Waals surface area contributed by atoms with E-state index in [1.165, 1.54) is 0 Å². The highest BCUT2D eigenvalue weighted by Gasteiger charge is 2.12. The topological polar surface area (TPSA) is 45.2 Å². The summed E-state index contributed by atoms with van der Waals surface area (Å²) in [5.74, 6) is 0.371. The molecule has 1 aromatic heterocycles. The molecule has 0 saturated carbocycles. The van der Waals surface area contributed by atoms with Crippen molar-refractivity contribution in [3.63, 3.8) is 0 Å². The fourth-order valence-corrected chi connectivity index (χ4v) is 2.69. The lowest BCUT2D eigenvalue weighted by atomic mass is 10.0. The first kappa shape index (κ1) is 14.5. The number of phenols is 1. The Morgan fingerprint density at radius 2 is 1.86 bits per heavy atom. The first-order valence-electron chi connectivity index (χ1n) is 7.59. The maximum absolute atomic E-state index is 10.5. The molecule has 3 aromatic rings. The normalized spacial score (nSPS) is 12.4. The second-order valence-electron chi connectivity index (χ2n) is 5.47. The van der Waals surface area contributed by atoms with E-state index in [0.717, 1.165) is 35.0 Å². The van der Waals surface area contributed by atoms with Crippen LogP contribution >= 0.6 is 0 Å². The number of phenolic OH excluding ortho intramolecular Hbond substituents is 1. The number of rotatable bonds is 5. The highest BCUT2D eigenvalue weighted by atomic mass is 16.3. The van der Waals surface area contributed by atoms with Crippen molar-refractivity contribution in [3.05, 3.63) is 72.1 Å². The van der Waals surface area contributed by atoms with Gasteiger partial charge >= 0.3 is 0 Å². The van der Waals surface area contributed by atoms with E-state index in [9.17, 15) is 5.11 Å². The maximum Gasteiger partial charge on any atom is 0.128 e. The van der Waals surface area contributed by atoms with Gasteiger partial charge in [0.2, 0.25) is 0 Å². The minimum atomic E-state index is 0.0910. The van der Waals surface area contributed by atoms with E-state index in [1.807, 2.05) is 54.7 Å². The van der Waals surface area contributed by atoms with Gasteiger partial charge in [0.1, 0.15) is 5.75 Å². The summed E-state index contributed by atoms with van der Waals surface area (Å²) in [4.78, 5) is 4.32. The van der Waals surface area contributed by atoms with Crippen molar-refractivity contribution < 1.29 is 5.11 Å². The summed E-state index contributed by atoms with van der Waals surface area (Å²) < 4.78 is 0. The number of nitrogens with one attached hydrogen (secondary N) is 1. The Labute approximate surface area is 130 Å². The molecule has 0 saturated heterocycles. The van der Waals surface area contributed by atoms with Crippen molar-refractivity contribution in [2.75, 3.05) is 6.54 Å². The van der Waals surface area contributed by atoms with Crippen LogP contribution < -0.4 is 5.32 Å². The van der Waals surface area contributed by atoms with Crippen molar-refractivity contribution in [3.8, 4) is 5.75 Å². The lowest BCUT2D eigenvalue weighted by Gasteiger charge is -2.17. The van der Waals surface area contributed by atoms with E-state index in [2.05, 4.69) is 23.3 Å². The standard InChI is InChI=1S/C19H20N2O/c1-14(20-13-11-16-7-4-5-12-21-16)17-10-9-15-6-2-3-8-18(15)19(17)22/h2-10,12,14,20,22H,11,13H2,1H3. The summed E-state index contributed by atoms with van der Waals surface area (Å²) in [6, 6.07) is 18.0. The number of pyridine rings is 1. The minimum Gasteiger partial charge on any atom is -0.507 e. The van der Waals surface area contributed by atoms with Crippen LogP contribution in [0.5, 0.6) is 5.75 Å². The molecule has 0 aliphatic rings. The quantitative estimate of drug-likeness (QED) is 0.751. The molecule has 0 bridgehead atoms. The van der Waals surface area contributed by atoms with Gasteiger partial charge in [0.05, 0.1) is 0 Å². The van der Waals surface area contributed by atoms with Crippen LogP contribution in [0.25, 0.3) is 10.8 Å². The number of benzene rings is 2. The van der Waals surface area contributed by atoms with Gasteiger partial charge in [-0.1, -0.05) is 42.5 Å². The largest absolute Gasteiger partial charge is 0.507 e. The van der Waals surface area contributed by atoms with Gasteiger partial charge in [-0.15, -0.1) is 0 Å². The third kappa shape index (κ3) is 3.10. The average Bonchev–Trinajstić information content (AvgIpc) is 2.56. The number of fused-ring (bicyclic) bond motifs is 1. The molecule has 0 aliphatic carbocycles. The van der Waals surface area contributed by atoms with Crippen molar-refractivity contribution >= 4 is 10.8 Å². The van der Waals surface area contributed by atoms with Gasteiger partial charge < -0.3 is 10.4 Å². The molecule has 112 valence electrons. The first-order chi connectivity index (χ1) is 10.8. The number of aromatic nitrogens is 1. The summed E-state index contributed by atoms with van der Waals surface area (Å²) in [7, 11) is 0. The molecule has 22 heavy (non-hydrogen) atoms. The van der Waals surface area contributed by atoms with Crippen LogP contribution in [0.3, 0.4) is 0 Å². The van der Waals surface area contributed by atoms with E-state index in [4.69, 9.17) is 0 Å². The van der Waals surface area contributed by atoms with Crippen molar-refractivity contribution in [1.29, 1.82) is 0 Å². The maximum atomic E-state index is 10.5. The SMILES string of the molecule is CC(NCCc1ccccn1)c1ccc2ccccc2c1O. The Hall–Kier alpha value is -2.39. The lowest BCUT2D eigenvalue weighted by Crippen LogP contribution is -2.21. The molecule has 0 spiro atoms. The van der Waals surface area contributed by atoms with E-state index in [1.54, 1.807) is 0 Å². The van der Waals surface area contributed by atoms with E-state index < -0.39 is 0 Å². The fraction of sp³-hybridized carbons (Fsp3) is 0.211. The van der Waals surface area contributed by atoms with Gasteiger partial charge in [0.15, 0.2) is 0 Å². The molecular weight excluding hydrogens is 272 g/mol. The zero-order valence-electron chi connectivity index (χ0n) is 12.7. The van der Waals surface area contributed by atoms with Gasteiger partial charge in [-0.2, -0.15) is 0 Å². The molecule has 2 aromatic carbocycles. The van der Waals surface area contributed by atoms with Crippen molar-refractivity contribution in [2.24, 2.45) is 0 Å². The second-order valence-corrected chi connectivity index (χ2v) is 5.47. The predicted molar refractivity (Wildman–Crippen MR) is 90.0 cm³/mol. The number of hydrogen-bond donors (Lipinski definition) is 2. The predicted octanol–water partition coefficient (Wildman–Crippen LogP) is 3.83. The van der Waals surface area contributed by atoms with Crippen LogP contribution in [0.4, 0.5) is 0 Å². The highest BCUT2D eigenvalue weighted by Crippen LogP contribution is 2.32. The molecule has 1 unspecified atom stereocenters. The van der Waals surface area contributed by atoms with Crippen LogP contribution in [0, 0.1) is 0 Å². The van der Waals surface area contributed by atoms with Gasteiger partial charge in [0, 0.05) is 41.8 Å². The van der Waals surface area contributed by atoms with Crippen LogP contribution in [-0.4, -0.2) is 16.6 Å². The first-order valence-corrected chi connectivity index (χ1v) is 7.59. The van der Waals surface area contributed by atoms with Crippen LogP contribution in [0.15, 0.2) is 60.8 Å². The highest BCUT2D eigenvalue weighted by molar-refractivity contribution is 5.89. The zero-order valence-corrected chi connectivity index (χ0v) is 12.7. The Morgan fingerprint density at radius 3 is 2.68 bits per heavy atom. The number of aromatic hydroxyl groups is 1. The van der Waals surface area contributed by atoms with Gasteiger partial charge in [-0.25, -0.2) is 0 Å². The van der Waals surface area contributed by atoms with E-state index in [-0.39, 0.29) is 6.04 Å². The second kappa shape index (κ2) is 6.58. The van der Waals surface area contributed by atoms with Crippen molar-refractivity contribution in [2.45, 2.75) is 19.4 Å². The van der Waals surface area contributed by atoms with Crippen LogP contribution in [-0.2, 0) is 6.42 Å². The molecule has 0 amide bonds. The molecule has 2 N–H and O–H groups in total. The monoisotopic (exact) mass is 292 g/mol. The van der Waals surface area contributed by atoms with E-state index >= 15 is 0 Å². The van der Waals surface area contributed by atoms with Crippen LogP contribution in [0.1, 0.15) is 24.2 Å². The average molecular weight is 292 g/mol. The molecule has 0 radical (unpaired) electrons. The third-order valence-electron chi connectivity index (χ3n) is 3.96. The molecule has 0 fully saturated rings. The summed E-state index contributed by atoms with van der Waals surface area (Å²) in [5.41, 5.74) is 2.00. The Morgan fingerprint density at radius 1 is 1.05 bits per heavy atom. The van der Waals surface area contributed by atoms with Gasteiger partial charge in [-0.3, -0.25) is 4.98 Å². The molecule has 0 aliphatic heterocycles. The molecule has 3 nitrogen and oxygen atoms in total. The lowest BCUT2D eigenvalue weighted by molar-refractivity contribution is 0.459. The Kier molecular flexibility index (Phi) is 4.35. The van der Waals surface area contributed by atoms with E-state index in [0.29, 0.717) is 5.75 Å².